The highest BCUT2D eigenvalue weighted by Gasteiger charge is 2.22. The smallest absolute Gasteiger partial charge is 0.145 e. The minimum absolute atomic E-state index is 0.929. The van der Waals surface area contributed by atoms with Crippen molar-refractivity contribution < 1.29 is 0 Å². The molecule has 0 N–H and O–H groups in total. The average Bonchev–Trinajstić information content (AvgIpc) is 3.41. The lowest BCUT2D eigenvalue weighted by Crippen LogP contribution is -2.04. The monoisotopic (exact) mass is 498 g/mol. The Bertz CT molecular complexity index is 1810. The number of nitrogens with zero attached hydrogens (tertiary/aromatic N) is 2. The summed E-state index contributed by atoms with van der Waals surface area (Å²) in [6.07, 6.45) is 0. The highest BCUT2D eigenvalue weighted by atomic mass is 15.1. The van der Waals surface area contributed by atoms with Crippen molar-refractivity contribution >= 4 is 11.0 Å². The largest absolute Gasteiger partial charge is 0.291 e. The summed E-state index contributed by atoms with van der Waals surface area (Å²) in [7, 11) is 0. The van der Waals surface area contributed by atoms with E-state index in [9.17, 15) is 0 Å². The predicted octanol–water partition coefficient (Wildman–Crippen LogP) is 9.69. The van der Waals surface area contributed by atoms with E-state index in [1.807, 2.05) is 0 Å². The third-order valence-electron chi connectivity index (χ3n) is 7.20. The van der Waals surface area contributed by atoms with Gasteiger partial charge in [0, 0.05) is 16.7 Å². The molecule has 0 saturated carbocycles. The Labute approximate surface area is 228 Å². The number of aromatic nitrogens is 2. The quantitative estimate of drug-likeness (QED) is 0.231. The van der Waals surface area contributed by atoms with Crippen molar-refractivity contribution in [2.24, 2.45) is 0 Å². The van der Waals surface area contributed by atoms with Crippen LogP contribution in [-0.2, 0) is 0 Å². The summed E-state index contributed by atoms with van der Waals surface area (Å²) >= 11 is 0. The third-order valence-corrected chi connectivity index (χ3v) is 7.20. The zero-order chi connectivity index (χ0) is 26.0. The maximum Gasteiger partial charge on any atom is 0.145 e. The van der Waals surface area contributed by atoms with Gasteiger partial charge in [-0.15, -0.1) is 0 Å². The van der Waals surface area contributed by atoms with Crippen molar-refractivity contribution in [3.8, 4) is 50.5 Å². The fraction of sp³-hybridized carbons (Fsp3) is 0. The number of rotatable bonds is 5. The Kier molecular flexibility index (Phi) is 5.84. The van der Waals surface area contributed by atoms with Gasteiger partial charge in [-0.1, -0.05) is 133 Å². The van der Waals surface area contributed by atoms with Gasteiger partial charge in [0.25, 0.3) is 0 Å². The van der Waals surface area contributed by atoms with Crippen LogP contribution in [0.4, 0.5) is 0 Å². The molecule has 0 unspecified atom stereocenters. The van der Waals surface area contributed by atoms with E-state index in [4.69, 9.17) is 4.98 Å². The van der Waals surface area contributed by atoms with E-state index >= 15 is 0 Å². The number of imidazole rings is 1. The van der Waals surface area contributed by atoms with Gasteiger partial charge in [0.05, 0.1) is 16.7 Å². The highest BCUT2D eigenvalue weighted by Crippen LogP contribution is 2.43. The topological polar surface area (TPSA) is 17.8 Å². The second kappa shape index (κ2) is 9.92. The van der Waals surface area contributed by atoms with Crippen molar-refractivity contribution in [2.75, 3.05) is 0 Å². The molecule has 184 valence electrons. The van der Waals surface area contributed by atoms with Crippen LogP contribution in [0.3, 0.4) is 0 Å². The van der Waals surface area contributed by atoms with Gasteiger partial charge in [-0.2, -0.15) is 0 Å². The SMILES string of the molecule is c1ccc(-c2cc(-c3ccccc3)c(-n3c(-c4ccccc4)nc4ccccc43)c(-c3ccccc3)c2)cc1. The molecule has 0 radical (unpaired) electrons. The maximum absolute atomic E-state index is 5.17. The molecule has 0 saturated heterocycles. The van der Waals surface area contributed by atoms with Crippen LogP contribution in [0.25, 0.3) is 61.5 Å². The Morgan fingerprint density at radius 2 is 0.821 bits per heavy atom. The molecule has 6 aromatic carbocycles. The molecule has 0 fully saturated rings. The molecule has 7 rings (SSSR count). The van der Waals surface area contributed by atoms with Crippen LogP contribution in [0.2, 0.25) is 0 Å². The minimum Gasteiger partial charge on any atom is -0.291 e. The molecular formula is C37H26N2. The summed E-state index contributed by atoms with van der Waals surface area (Å²) in [6.45, 7) is 0. The lowest BCUT2D eigenvalue weighted by atomic mass is 9.90. The summed E-state index contributed by atoms with van der Waals surface area (Å²) in [4.78, 5) is 5.17. The fourth-order valence-electron chi connectivity index (χ4n) is 5.38. The number of hydrogen-bond acceptors (Lipinski definition) is 1. The van der Waals surface area contributed by atoms with Crippen LogP contribution in [0, 0.1) is 0 Å². The van der Waals surface area contributed by atoms with Gasteiger partial charge in [-0.05, 0) is 46.5 Å². The summed E-state index contributed by atoms with van der Waals surface area (Å²) < 4.78 is 2.35. The number of para-hydroxylation sites is 2. The van der Waals surface area contributed by atoms with Crippen LogP contribution in [-0.4, -0.2) is 9.55 Å². The molecule has 0 bridgehead atoms. The van der Waals surface area contributed by atoms with Crippen LogP contribution in [0.1, 0.15) is 0 Å². The van der Waals surface area contributed by atoms with Crippen molar-refractivity contribution in [2.45, 2.75) is 0 Å². The molecule has 1 aromatic heterocycles. The normalized spacial score (nSPS) is 11.1. The van der Waals surface area contributed by atoms with Gasteiger partial charge in [0.1, 0.15) is 5.82 Å². The van der Waals surface area contributed by atoms with Crippen LogP contribution < -0.4 is 0 Å². The second-order valence-corrected chi connectivity index (χ2v) is 9.64. The average molecular weight is 499 g/mol. The van der Waals surface area contributed by atoms with Crippen molar-refractivity contribution in [1.82, 2.24) is 9.55 Å². The molecular weight excluding hydrogens is 472 g/mol. The second-order valence-electron chi connectivity index (χ2n) is 9.64. The first-order chi connectivity index (χ1) is 19.4. The molecule has 2 heteroatoms. The van der Waals surface area contributed by atoms with Gasteiger partial charge in [-0.25, -0.2) is 4.98 Å². The summed E-state index contributed by atoms with van der Waals surface area (Å²) in [5, 5.41) is 0. The molecule has 0 aliphatic rings. The molecule has 39 heavy (non-hydrogen) atoms. The molecule has 7 aromatic rings. The maximum atomic E-state index is 5.17. The van der Waals surface area contributed by atoms with Gasteiger partial charge >= 0.3 is 0 Å². The summed E-state index contributed by atoms with van der Waals surface area (Å²) in [5.74, 6) is 0.929. The fourth-order valence-corrected chi connectivity index (χ4v) is 5.38. The van der Waals surface area contributed by atoms with E-state index in [1.54, 1.807) is 0 Å². The lowest BCUT2D eigenvalue weighted by molar-refractivity contribution is 1.11. The highest BCUT2D eigenvalue weighted by molar-refractivity contribution is 5.95. The van der Waals surface area contributed by atoms with Crippen LogP contribution in [0.5, 0.6) is 0 Å². The number of benzene rings is 6. The Morgan fingerprint density at radius 1 is 0.385 bits per heavy atom. The van der Waals surface area contributed by atoms with E-state index in [-0.39, 0.29) is 0 Å². The Hall–Kier alpha value is -5.21. The van der Waals surface area contributed by atoms with E-state index in [1.165, 1.54) is 22.3 Å². The molecule has 0 atom stereocenters. The van der Waals surface area contributed by atoms with Gasteiger partial charge in [0.15, 0.2) is 0 Å². The molecule has 0 aliphatic heterocycles. The Balaban J connectivity index is 1.65. The van der Waals surface area contributed by atoms with Crippen molar-refractivity contribution in [3.05, 3.63) is 158 Å². The first kappa shape index (κ1) is 22.9. The zero-order valence-electron chi connectivity index (χ0n) is 21.4. The molecule has 0 spiro atoms. The molecule has 2 nitrogen and oxygen atoms in total. The first-order valence-corrected chi connectivity index (χ1v) is 13.2. The van der Waals surface area contributed by atoms with Crippen molar-refractivity contribution in [3.63, 3.8) is 0 Å². The number of hydrogen-bond donors (Lipinski definition) is 0. The van der Waals surface area contributed by atoms with E-state index < -0.39 is 0 Å². The van der Waals surface area contributed by atoms with Crippen molar-refractivity contribution in [1.29, 1.82) is 0 Å². The van der Waals surface area contributed by atoms with Crippen LogP contribution in [0.15, 0.2) is 158 Å². The predicted molar refractivity (Wildman–Crippen MR) is 163 cm³/mol. The minimum atomic E-state index is 0.929. The van der Waals surface area contributed by atoms with Gasteiger partial charge in [-0.3, -0.25) is 4.57 Å². The third kappa shape index (κ3) is 4.22. The van der Waals surface area contributed by atoms with E-state index in [2.05, 4.69) is 162 Å². The van der Waals surface area contributed by atoms with Gasteiger partial charge in [0.2, 0.25) is 0 Å². The van der Waals surface area contributed by atoms with Gasteiger partial charge < -0.3 is 0 Å². The lowest BCUT2D eigenvalue weighted by Gasteiger charge is -2.21. The molecule has 0 amide bonds. The number of fused-ring (bicyclic) bond motifs is 1. The van der Waals surface area contributed by atoms with Crippen LogP contribution >= 0.6 is 0 Å². The summed E-state index contributed by atoms with van der Waals surface area (Å²) in [6, 6.07) is 55.6. The van der Waals surface area contributed by atoms with E-state index in [0.29, 0.717) is 0 Å². The molecule has 1 heterocycles. The standard InChI is InChI=1S/C37H26N2/c1-5-15-27(16-6-1)31-25-32(28-17-7-2-8-18-28)36(33(26-31)29-19-9-3-10-20-29)39-35-24-14-13-23-34(35)38-37(39)30-21-11-4-12-22-30/h1-26H. The Morgan fingerprint density at radius 3 is 1.36 bits per heavy atom. The summed E-state index contributed by atoms with van der Waals surface area (Å²) in [5.41, 5.74) is 11.3. The zero-order valence-corrected chi connectivity index (χ0v) is 21.4. The first-order valence-electron chi connectivity index (χ1n) is 13.2. The molecule has 0 aliphatic carbocycles. The van der Waals surface area contributed by atoms with E-state index in [0.717, 1.165) is 39.2 Å².